The monoisotopic (exact) mass is 537 g/mol. The van der Waals surface area contributed by atoms with Crippen LogP contribution in [0.4, 0.5) is 0 Å². The second-order valence-corrected chi connectivity index (χ2v) is 11.9. The van der Waals surface area contributed by atoms with Gasteiger partial charge in [0, 0.05) is 39.3 Å². The number of hydrogen-bond donors (Lipinski definition) is 2. The fourth-order valence-electron chi connectivity index (χ4n) is 5.76. The predicted octanol–water partition coefficient (Wildman–Crippen LogP) is -0.343. The average molecular weight is 538 g/mol. The molecular formula is C26H43N5O7. The SMILES string of the molecule is CN(C)C(=O)CO[C@@H]1CO[C@@]2(CN3CCC(C)(NCC(=O)N4CCC[C@H]4C#N)CC3)OC(C)(C)O[C@H]2[C@@H]1O. The number of hydrogen-bond acceptors (Lipinski definition) is 10. The first-order valence-corrected chi connectivity index (χ1v) is 13.6. The molecule has 5 atom stereocenters. The minimum absolute atomic E-state index is 0.0215. The van der Waals surface area contributed by atoms with E-state index in [4.69, 9.17) is 18.9 Å². The number of fused-ring (bicyclic) bond motifs is 1. The maximum absolute atomic E-state index is 12.7. The number of carbonyl (C=O) groups is 2. The lowest BCUT2D eigenvalue weighted by molar-refractivity contribution is -0.301. The Morgan fingerprint density at radius 1 is 1.21 bits per heavy atom. The van der Waals surface area contributed by atoms with Crippen LogP contribution in [0.2, 0.25) is 0 Å². The van der Waals surface area contributed by atoms with Crippen molar-refractivity contribution in [1.29, 1.82) is 5.26 Å². The van der Waals surface area contributed by atoms with Crippen molar-refractivity contribution in [3.63, 3.8) is 0 Å². The van der Waals surface area contributed by atoms with E-state index in [-0.39, 0.29) is 43.2 Å². The van der Waals surface area contributed by atoms with Gasteiger partial charge in [0.1, 0.15) is 31.0 Å². The number of nitrogens with zero attached hydrogens (tertiary/aromatic N) is 4. The third kappa shape index (κ3) is 6.31. The highest BCUT2D eigenvalue weighted by atomic mass is 16.8. The number of rotatable bonds is 8. The van der Waals surface area contributed by atoms with Gasteiger partial charge < -0.3 is 39.2 Å². The third-order valence-corrected chi connectivity index (χ3v) is 8.16. The molecule has 4 aliphatic rings. The maximum Gasteiger partial charge on any atom is 0.248 e. The van der Waals surface area contributed by atoms with E-state index in [9.17, 15) is 20.0 Å². The molecule has 0 bridgehead atoms. The van der Waals surface area contributed by atoms with Gasteiger partial charge >= 0.3 is 0 Å². The van der Waals surface area contributed by atoms with Gasteiger partial charge in [-0.3, -0.25) is 14.5 Å². The van der Waals surface area contributed by atoms with Crippen LogP contribution in [-0.2, 0) is 28.5 Å². The standard InChI is InChI=1S/C26H43N5O7/c1-24(2)37-23-22(34)19(35-16-21(33)29(4)5)15-36-26(23,38-24)17-30-11-8-25(3,9-12-30)28-14-20(32)31-10-6-7-18(31)13-27/h18-19,22-23,28,34H,6-12,14-17H2,1-5H3/t18-,19+,22+,23-,26-/m0/s1. The summed E-state index contributed by atoms with van der Waals surface area (Å²) in [6.07, 6.45) is 0.741. The molecule has 38 heavy (non-hydrogen) atoms. The number of nitrogens with one attached hydrogen (secondary N) is 1. The summed E-state index contributed by atoms with van der Waals surface area (Å²) in [6, 6.07) is 1.91. The van der Waals surface area contributed by atoms with E-state index >= 15 is 0 Å². The van der Waals surface area contributed by atoms with Crippen LogP contribution in [0.15, 0.2) is 0 Å². The maximum atomic E-state index is 12.7. The minimum Gasteiger partial charge on any atom is -0.387 e. The lowest BCUT2D eigenvalue weighted by Crippen LogP contribution is -2.65. The summed E-state index contributed by atoms with van der Waals surface area (Å²) >= 11 is 0. The predicted molar refractivity (Wildman–Crippen MR) is 136 cm³/mol. The van der Waals surface area contributed by atoms with Gasteiger partial charge in [0.25, 0.3) is 0 Å². The number of nitriles is 1. The number of ether oxygens (including phenoxy) is 4. The largest absolute Gasteiger partial charge is 0.387 e. The van der Waals surface area contributed by atoms with Crippen molar-refractivity contribution < 1.29 is 33.6 Å². The van der Waals surface area contributed by atoms with Gasteiger partial charge in [0.15, 0.2) is 5.79 Å². The second-order valence-electron chi connectivity index (χ2n) is 11.9. The van der Waals surface area contributed by atoms with Crippen LogP contribution in [0.1, 0.15) is 46.5 Å². The van der Waals surface area contributed by atoms with Crippen molar-refractivity contribution in [2.45, 2.75) is 87.9 Å². The van der Waals surface area contributed by atoms with E-state index in [2.05, 4.69) is 23.2 Å². The van der Waals surface area contributed by atoms with E-state index < -0.39 is 29.9 Å². The lowest BCUT2D eigenvalue weighted by Gasteiger charge is -2.47. The highest BCUT2D eigenvalue weighted by Gasteiger charge is 2.62. The van der Waals surface area contributed by atoms with Crippen molar-refractivity contribution in [2.24, 2.45) is 0 Å². The third-order valence-electron chi connectivity index (χ3n) is 8.16. The summed E-state index contributed by atoms with van der Waals surface area (Å²) in [4.78, 5) is 30.0. The molecule has 0 radical (unpaired) electrons. The Labute approximate surface area is 225 Å². The Morgan fingerprint density at radius 2 is 1.92 bits per heavy atom. The minimum atomic E-state index is -1.16. The summed E-state index contributed by atoms with van der Waals surface area (Å²) in [5.41, 5.74) is -0.206. The lowest BCUT2D eigenvalue weighted by atomic mass is 9.88. The van der Waals surface area contributed by atoms with Crippen LogP contribution in [-0.4, -0.2) is 133 Å². The van der Waals surface area contributed by atoms with Crippen molar-refractivity contribution in [3.8, 4) is 6.07 Å². The first-order valence-electron chi connectivity index (χ1n) is 13.6. The Kier molecular flexibility index (Phi) is 8.69. The van der Waals surface area contributed by atoms with Crippen LogP contribution in [0.3, 0.4) is 0 Å². The molecule has 12 heteroatoms. The van der Waals surface area contributed by atoms with Gasteiger partial charge in [-0.05, 0) is 46.5 Å². The molecule has 2 N–H and O–H groups in total. The number of likely N-dealkylation sites (N-methyl/N-ethyl adjacent to an activating group) is 1. The topological polar surface area (TPSA) is 137 Å². The number of carbonyl (C=O) groups excluding carboxylic acids is 2. The van der Waals surface area contributed by atoms with Crippen molar-refractivity contribution in [3.05, 3.63) is 0 Å². The van der Waals surface area contributed by atoms with Crippen molar-refractivity contribution >= 4 is 11.8 Å². The molecule has 12 nitrogen and oxygen atoms in total. The van der Waals surface area contributed by atoms with E-state index in [1.165, 1.54) is 4.90 Å². The van der Waals surface area contributed by atoms with Gasteiger partial charge in [-0.2, -0.15) is 5.26 Å². The van der Waals surface area contributed by atoms with E-state index in [1.807, 2.05) is 0 Å². The quantitative estimate of drug-likeness (QED) is 0.423. The second kappa shape index (κ2) is 11.3. The summed E-state index contributed by atoms with van der Waals surface area (Å²) in [5.74, 6) is -2.34. The Hall–Kier alpha value is -1.85. The van der Waals surface area contributed by atoms with Crippen LogP contribution in [0.5, 0.6) is 0 Å². The Bertz CT molecular complexity index is 916. The van der Waals surface area contributed by atoms with Gasteiger partial charge in [-0.15, -0.1) is 0 Å². The molecule has 4 rings (SSSR count). The molecule has 4 heterocycles. The molecule has 4 fully saturated rings. The highest BCUT2D eigenvalue weighted by Crippen LogP contribution is 2.43. The molecule has 0 saturated carbocycles. The van der Waals surface area contributed by atoms with Crippen molar-refractivity contribution in [2.75, 3.05) is 60.0 Å². The first-order chi connectivity index (χ1) is 17.9. The van der Waals surface area contributed by atoms with Gasteiger partial charge in [0.05, 0.1) is 25.8 Å². The zero-order valence-corrected chi connectivity index (χ0v) is 23.3. The molecule has 4 aliphatic heterocycles. The van der Waals surface area contributed by atoms with Crippen LogP contribution >= 0.6 is 0 Å². The highest BCUT2D eigenvalue weighted by molar-refractivity contribution is 5.79. The fraction of sp³-hybridized carbons (Fsp3) is 0.885. The number of amides is 2. The normalized spacial score (nSPS) is 34.5. The average Bonchev–Trinajstić information content (AvgIpc) is 3.45. The molecule has 0 unspecified atom stereocenters. The Morgan fingerprint density at radius 3 is 2.58 bits per heavy atom. The van der Waals surface area contributed by atoms with Crippen LogP contribution in [0, 0.1) is 11.3 Å². The summed E-state index contributed by atoms with van der Waals surface area (Å²) in [7, 11) is 3.30. The first kappa shape index (κ1) is 29.1. The van der Waals surface area contributed by atoms with Gasteiger partial charge in [-0.1, -0.05) is 0 Å². The summed E-state index contributed by atoms with van der Waals surface area (Å²) < 4.78 is 24.3. The molecular weight excluding hydrogens is 494 g/mol. The fourth-order valence-corrected chi connectivity index (χ4v) is 5.76. The summed E-state index contributed by atoms with van der Waals surface area (Å²) in [5, 5.41) is 23.8. The van der Waals surface area contributed by atoms with E-state index in [0.717, 1.165) is 38.8 Å². The smallest absolute Gasteiger partial charge is 0.248 e. The Balaban J connectivity index is 1.32. The summed E-state index contributed by atoms with van der Waals surface area (Å²) in [6.45, 7) is 8.40. The molecule has 214 valence electrons. The van der Waals surface area contributed by atoms with E-state index in [0.29, 0.717) is 13.1 Å². The molecule has 0 aromatic rings. The van der Waals surface area contributed by atoms with Gasteiger partial charge in [-0.25, -0.2) is 0 Å². The number of piperidine rings is 1. The van der Waals surface area contributed by atoms with Crippen LogP contribution in [0.25, 0.3) is 0 Å². The molecule has 4 saturated heterocycles. The molecule has 0 aromatic carbocycles. The molecule has 0 aromatic heterocycles. The molecule has 2 amide bonds. The molecule has 0 aliphatic carbocycles. The number of aliphatic hydroxyl groups excluding tert-OH is 1. The number of likely N-dealkylation sites (tertiary alicyclic amines) is 2. The number of aliphatic hydroxyl groups is 1. The van der Waals surface area contributed by atoms with Gasteiger partial charge in [0.2, 0.25) is 17.6 Å². The van der Waals surface area contributed by atoms with Crippen LogP contribution < -0.4 is 5.32 Å². The zero-order valence-electron chi connectivity index (χ0n) is 23.3. The van der Waals surface area contributed by atoms with Crippen molar-refractivity contribution in [1.82, 2.24) is 20.0 Å². The zero-order chi connectivity index (χ0) is 27.7. The van der Waals surface area contributed by atoms with E-state index in [1.54, 1.807) is 32.8 Å². The molecule has 0 spiro atoms.